The Morgan fingerprint density at radius 1 is 1.18 bits per heavy atom. The van der Waals surface area contributed by atoms with Gasteiger partial charge in [-0.05, 0) is 49.7 Å². The van der Waals surface area contributed by atoms with Crippen molar-refractivity contribution in [3.05, 3.63) is 75.1 Å². The van der Waals surface area contributed by atoms with Crippen molar-refractivity contribution in [1.82, 2.24) is 29.5 Å². The molecule has 0 radical (unpaired) electrons. The van der Waals surface area contributed by atoms with Crippen LogP contribution in [0.25, 0.3) is 16.2 Å². The highest BCUT2D eigenvalue weighted by atomic mass is 32.1. The van der Waals surface area contributed by atoms with Crippen LogP contribution in [-0.4, -0.2) is 60.6 Å². The number of aromatic amines is 1. The Balaban J connectivity index is 1.23. The largest absolute Gasteiger partial charge is 0.337 e. The summed E-state index contributed by atoms with van der Waals surface area (Å²) >= 11 is 1.36. The number of hydrogen-bond acceptors (Lipinski definition) is 6. The van der Waals surface area contributed by atoms with Crippen molar-refractivity contribution >= 4 is 27.5 Å². The predicted molar refractivity (Wildman–Crippen MR) is 131 cm³/mol. The Morgan fingerprint density at radius 2 is 2.03 bits per heavy atom. The zero-order chi connectivity index (χ0) is 23.3. The molecule has 1 amide bonds. The van der Waals surface area contributed by atoms with Gasteiger partial charge >= 0.3 is 0 Å². The van der Waals surface area contributed by atoms with E-state index in [1.807, 2.05) is 29.3 Å². The molecule has 2 aliphatic rings. The van der Waals surface area contributed by atoms with Crippen LogP contribution in [-0.2, 0) is 6.54 Å². The first-order valence-corrected chi connectivity index (χ1v) is 12.5. The lowest BCUT2D eigenvalue weighted by Gasteiger charge is -2.35. The molecule has 1 atom stereocenters. The molecule has 2 saturated heterocycles. The van der Waals surface area contributed by atoms with Crippen LogP contribution in [0.15, 0.2) is 52.8 Å². The molecule has 1 unspecified atom stereocenters. The maximum absolute atomic E-state index is 13.5. The Bertz CT molecular complexity index is 1420. The summed E-state index contributed by atoms with van der Waals surface area (Å²) in [6, 6.07) is 12.4. The molecule has 1 N–H and O–H groups in total. The Morgan fingerprint density at radius 3 is 2.88 bits per heavy atom. The van der Waals surface area contributed by atoms with Gasteiger partial charge in [-0.15, -0.1) is 11.3 Å². The first-order valence-electron chi connectivity index (χ1n) is 11.6. The van der Waals surface area contributed by atoms with Gasteiger partial charge in [0.2, 0.25) is 5.95 Å². The van der Waals surface area contributed by atoms with Crippen molar-refractivity contribution in [2.45, 2.75) is 38.3 Å². The van der Waals surface area contributed by atoms with Crippen LogP contribution in [0.5, 0.6) is 0 Å². The van der Waals surface area contributed by atoms with E-state index in [1.165, 1.54) is 16.9 Å². The maximum Gasteiger partial charge on any atom is 0.270 e. The number of nitrogens with one attached hydrogen (secondary N) is 1. The molecule has 4 aromatic rings. The van der Waals surface area contributed by atoms with Crippen molar-refractivity contribution in [2.75, 3.05) is 19.6 Å². The predicted octanol–water partition coefficient (Wildman–Crippen LogP) is 3.36. The highest BCUT2D eigenvalue weighted by molar-refractivity contribution is 7.17. The van der Waals surface area contributed by atoms with E-state index in [-0.39, 0.29) is 17.0 Å². The summed E-state index contributed by atoms with van der Waals surface area (Å²) in [6.07, 6.45) is 4.86. The van der Waals surface area contributed by atoms with E-state index >= 15 is 0 Å². The summed E-state index contributed by atoms with van der Waals surface area (Å²) in [5.74, 6) is 0.321. The van der Waals surface area contributed by atoms with Gasteiger partial charge in [0.1, 0.15) is 4.70 Å². The van der Waals surface area contributed by atoms with Gasteiger partial charge in [-0.25, -0.2) is 9.67 Å². The SMILES string of the molecule is Cc1c(C(=O)N2CCC3(CCCN3Cc3ccccc3)C2)cnn1-c1nc2ccsc2c(=O)[nH]1. The summed E-state index contributed by atoms with van der Waals surface area (Å²) in [5.41, 5.74) is 3.03. The zero-order valence-corrected chi connectivity index (χ0v) is 19.8. The van der Waals surface area contributed by atoms with Gasteiger partial charge in [0.05, 0.1) is 23.0 Å². The molecular formula is C25H26N6O2S. The Hall–Kier alpha value is -3.30. The van der Waals surface area contributed by atoms with E-state index in [0.29, 0.717) is 27.4 Å². The second-order valence-electron chi connectivity index (χ2n) is 9.29. The molecule has 2 aliphatic heterocycles. The van der Waals surface area contributed by atoms with Gasteiger partial charge in [-0.2, -0.15) is 5.10 Å². The van der Waals surface area contributed by atoms with E-state index in [2.05, 4.69) is 44.2 Å². The summed E-state index contributed by atoms with van der Waals surface area (Å²) in [7, 11) is 0. The van der Waals surface area contributed by atoms with Crippen LogP contribution in [0.4, 0.5) is 0 Å². The third-order valence-electron chi connectivity index (χ3n) is 7.32. The third kappa shape index (κ3) is 3.47. The third-order valence-corrected chi connectivity index (χ3v) is 8.22. The molecule has 174 valence electrons. The molecule has 2 fully saturated rings. The standard InChI is InChI=1S/C25H26N6O2S/c1-17-19(14-26-31(17)24-27-20-8-13-34-21(20)22(32)28-24)23(33)29-12-10-25(16-29)9-5-11-30(25)15-18-6-3-2-4-7-18/h2-4,6-8,13-14H,5,9-12,15-16H2,1H3,(H,27,28,32). The molecule has 8 nitrogen and oxygen atoms in total. The fourth-order valence-corrected chi connectivity index (χ4v) is 6.23. The number of amides is 1. The van der Waals surface area contributed by atoms with Crippen LogP contribution >= 0.6 is 11.3 Å². The van der Waals surface area contributed by atoms with Gasteiger partial charge in [0, 0.05) is 25.2 Å². The van der Waals surface area contributed by atoms with Crippen molar-refractivity contribution < 1.29 is 4.79 Å². The second kappa shape index (κ2) is 8.18. The number of carbonyl (C=O) groups is 1. The number of benzene rings is 1. The molecule has 34 heavy (non-hydrogen) atoms. The normalized spacial score (nSPS) is 20.7. The number of aromatic nitrogens is 4. The molecule has 1 aromatic carbocycles. The summed E-state index contributed by atoms with van der Waals surface area (Å²) in [5, 5.41) is 6.24. The number of fused-ring (bicyclic) bond motifs is 1. The van der Waals surface area contributed by atoms with Gasteiger partial charge in [-0.3, -0.25) is 19.5 Å². The van der Waals surface area contributed by atoms with Crippen molar-refractivity contribution in [3.8, 4) is 5.95 Å². The monoisotopic (exact) mass is 474 g/mol. The lowest BCUT2D eigenvalue weighted by molar-refractivity contribution is 0.0741. The number of hydrogen-bond donors (Lipinski definition) is 1. The molecule has 0 aliphatic carbocycles. The van der Waals surface area contributed by atoms with Gasteiger partial charge < -0.3 is 4.90 Å². The minimum Gasteiger partial charge on any atom is -0.337 e. The Kier molecular flexibility index (Phi) is 5.11. The average molecular weight is 475 g/mol. The smallest absolute Gasteiger partial charge is 0.270 e. The number of H-pyrrole nitrogens is 1. The lowest BCUT2D eigenvalue weighted by Crippen LogP contribution is -2.46. The van der Waals surface area contributed by atoms with Crippen LogP contribution in [0.1, 0.15) is 40.9 Å². The van der Waals surface area contributed by atoms with E-state index < -0.39 is 0 Å². The highest BCUT2D eigenvalue weighted by Gasteiger charge is 2.47. The molecule has 5 heterocycles. The summed E-state index contributed by atoms with van der Waals surface area (Å²) in [6.45, 7) is 5.31. The minimum absolute atomic E-state index is 0.00820. The maximum atomic E-state index is 13.5. The van der Waals surface area contributed by atoms with Crippen LogP contribution in [0, 0.1) is 6.92 Å². The van der Waals surface area contributed by atoms with E-state index in [9.17, 15) is 9.59 Å². The number of nitrogens with zero attached hydrogens (tertiary/aromatic N) is 5. The molecular weight excluding hydrogens is 448 g/mol. The van der Waals surface area contributed by atoms with Gasteiger partial charge in [0.25, 0.3) is 11.5 Å². The van der Waals surface area contributed by atoms with Gasteiger partial charge in [-0.1, -0.05) is 30.3 Å². The fraction of sp³-hybridized carbons (Fsp3) is 0.360. The lowest BCUT2D eigenvalue weighted by atomic mass is 9.94. The van der Waals surface area contributed by atoms with Crippen molar-refractivity contribution in [3.63, 3.8) is 0 Å². The minimum atomic E-state index is -0.195. The topological polar surface area (TPSA) is 87.1 Å². The van der Waals surface area contributed by atoms with Crippen LogP contribution in [0.2, 0.25) is 0 Å². The second-order valence-corrected chi connectivity index (χ2v) is 10.2. The molecule has 0 bridgehead atoms. The van der Waals surface area contributed by atoms with Gasteiger partial charge in [0.15, 0.2) is 0 Å². The van der Waals surface area contributed by atoms with Crippen molar-refractivity contribution in [1.29, 1.82) is 0 Å². The van der Waals surface area contributed by atoms with E-state index in [1.54, 1.807) is 10.9 Å². The number of thiophene rings is 1. The number of carbonyl (C=O) groups excluding carboxylic acids is 1. The quantitative estimate of drug-likeness (QED) is 0.490. The first-order chi connectivity index (χ1) is 16.5. The van der Waals surface area contributed by atoms with Crippen LogP contribution in [0.3, 0.4) is 0 Å². The highest BCUT2D eigenvalue weighted by Crippen LogP contribution is 2.39. The summed E-state index contributed by atoms with van der Waals surface area (Å²) in [4.78, 5) is 37.8. The first kappa shape index (κ1) is 21.2. The zero-order valence-electron chi connectivity index (χ0n) is 19.0. The van der Waals surface area contributed by atoms with E-state index in [4.69, 9.17) is 0 Å². The van der Waals surface area contributed by atoms with Crippen LogP contribution < -0.4 is 5.56 Å². The molecule has 9 heteroatoms. The number of likely N-dealkylation sites (tertiary alicyclic amines) is 2. The van der Waals surface area contributed by atoms with Crippen molar-refractivity contribution in [2.24, 2.45) is 0 Å². The molecule has 0 saturated carbocycles. The Labute approximate surface area is 200 Å². The molecule has 6 rings (SSSR count). The average Bonchev–Trinajstić information content (AvgIpc) is 3.63. The number of rotatable bonds is 4. The summed E-state index contributed by atoms with van der Waals surface area (Å²) < 4.78 is 2.14. The molecule has 3 aromatic heterocycles. The van der Waals surface area contributed by atoms with E-state index in [0.717, 1.165) is 45.4 Å². The fourth-order valence-electron chi connectivity index (χ4n) is 5.50. The molecule has 1 spiro atoms.